The maximum atomic E-state index is 12.5. The van der Waals surface area contributed by atoms with Crippen molar-refractivity contribution in [2.45, 2.75) is 91.0 Å². The SMILES string of the molecule is CCOC(=O)N1C(C)CC(NS(=O)(=O)CC)C1COC1CCC(C(C)C)CC1. The fourth-order valence-electron chi connectivity index (χ4n) is 4.47. The molecule has 1 amide bonds. The molecule has 2 aliphatic rings. The molecule has 8 heteroatoms. The maximum Gasteiger partial charge on any atom is 0.410 e. The predicted molar refractivity (Wildman–Crippen MR) is 110 cm³/mol. The fraction of sp³-hybridized carbons (Fsp3) is 0.950. The van der Waals surface area contributed by atoms with Crippen LogP contribution >= 0.6 is 0 Å². The lowest BCUT2D eigenvalue weighted by Crippen LogP contribution is -2.51. The Morgan fingerprint density at radius 2 is 1.82 bits per heavy atom. The third-order valence-corrected chi connectivity index (χ3v) is 7.67. The van der Waals surface area contributed by atoms with Crippen molar-refractivity contribution in [3.63, 3.8) is 0 Å². The van der Waals surface area contributed by atoms with Crippen molar-refractivity contribution in [1.29, 1.82) is 0 Å². The van der Waals surface area contributed by atoms with Crippen LogP contribution < -0.4 is 4.72 Å². The highest BCUT2D eigenvalue weighted by atomic mass is 32.2. The van der Waals surface area contributed by atoms with Gasteiger partial charge >= 0.3 is 6.09 Å². The van der Waals surface area contributed by atoms with Gasteiger partial charge in [0.05, 0.1) is 31.1 Å². The maximum absolute atomic E-state index is 12.5. The molecule has 1 saturated heterocycles. The van der Waals surface area contributed by atoms with E-state index < -0.39 is 16.1 Å². The summed E-state index contributed by atoms with van der Waals surface area (Å²) in [5, 5.41) is 0. The molecular formula is C20H38N2O5S. The van der Waals surface area contributed by atoms with E-state index in [-0.39, 0.29) is 30.0 Å². The number of ether oxygens (including phenoxy) is 2. The van der Waals surface area contributed by atoms with Crippen molar-refractivity contribution in [2.75, 3.05) is 19.0 Å². The van der Waals surface area contributed by atoms with Crippen molar-refractivity contribution in [2.24, 2.45) is 11.8 Å². The summed E-state index contributed by atoms with van der Waals surface area (Å²) < 4.78 is 38.4. The van der Waals surface area contributed by atoms with Gasteiger partial charge in [0.2, 0.25) is 10.0 Å². The van der Waals surface area contributed by atoms with Gasteiger partial charge in [-0.1, -0.05) is 13.8 Å². The third kappa shape index (κ3) is 6.07. The fourth-order valence-corrected chi connectivity index (χ4v) is 5.35. The first-order valence-electron chi connectivity index (χ1n) is 10.7. The molecule has 28 heavy (non-hydrogen) atoms. The van der Waals surface area contributed by atoms with Crippen LogP contribution in [-0.2, 0) is 19.5 Å². The molecule has 0 aromatic rings. The van der Waals surface area contributed by atoms with Gasteiger partial charge in [0, 0.05) is 12.1 Å². The number of nitrogens with zero attached hydrogens (tertiary/aromatic N) is 1. The van der Waals surface area contributed by atoms with E-state index in [1.165, 1.54) is 0 Å². The lowest BCUT2D eigenvalue weighted by Gasteiger charge is -2.34. The first-order valence-corrected chi connectivity index (χ1v) is 12.4. The van der Waals surface area contributed by atoms with Gasteiger partial charge in [-0.15, -0.1) is 0 Å². The highest BCUT2D eigenvalue weighted by Crippen LogP contribution is 2.32. The predicted octanol–water partition coefficient (Wildman–Crippen LogP) is 3.15. The zero-order valence-corrected chi connectivity index (χ0v) is 18.8. The summed E-state index contributed by atoms with van der Waals surface area (Å²) in [5.41, 5.74) is 0. The van der Waals surface area contributed by atoms with Crippen LogP contribution in [0.2, 0.25) is 0 Å². The van der Waals surface area contributed by atoms with E-state index >= 15 is 0 Å². The molecule has 3 atom stereocenters. The van der Waals surface area contributed by atoms with Crippen LogP contribution in [0.25, 0.3) is 0 Å². The van der Waals surface area contributed by atoms with Crippen LogP contribution in [-0.4, -0.2) is 62.6 Å². The summed E-state index contributed by atoms with van der Waals surface area (Å²) in [6.07, 6.45) is 4.72. The number of nitrogens with one attached hydrogen (secondary N) is 1. The molecule has 1 heterocycles. The van der Waals surface area contributed by atoms with Gasteiger partial charge < -0.3 is 9.47 Å². The molecule has 2 fully saturated rings. The molecule has 1 N–H and O–H groups in total. The smallest absolute Gasteiger partial charge is 0.410 e. The van der Waals surface area contributed by atoms with Crippen LogP contribution in [0.3, 0.4) is 0 Å². The largest absolute Gasteiger partial charge is 0.450 e. The summed E-state index contributed by atoms with van der Waals surface area (Å²) in [5.74, 6) is 1.47. The highest BCUT2D eigenvalue weighted by Gasteiger charge is 2.44. The number of sulfonamides is 1. The van der Waals surface area contributed by atoms with Crippen LogP contribution in [0.5, 0.6) is 0 Å². The normalized spacial score (nSPS) is 31.4. The highest BCUT2D eigenvalue weighted by molar-refractivity contribution is 7.89. The van der Waals surface area contributed by atoms with Crippen LogP contribution in [0.4, 0.5) is 4.79 Å². The number of hydrogen-bond acceptors (Lipinski definition) is 5. The van der Waals surface area contributed by atoms with Crippen molar-refractivity contribution < 1.29 is 22.7 Å². The van der Waals surface area contributed by atoms with E-state index in [0.29, 0.717) is 25.6 Å². The Bertz CT molecular complexity index is 602. The number of amides is 1. The second-order valence-corrected chi connectivity index (χ2v) is 10.5. The molecule has 1 aliphatic carbocycles. The second kappa shape index (κ2) is 10.3. The number of rotatable bonds is 8. The lowest BCUT2D eigenvalue weighted by molar-refractivity contribution is -0.0171. The topological polar surface area (TPSA) is 84.9 Å². The average molecular weight is 419 g/mol. The van der Waals surface area contributed by atoms with Crippen LogP contribution in [0, 0.1) is 11.8 Å². The average Bonchev–Trinajstić information content (AvgIpc) is 2.94. The lowest BCUT2D eigenvalue weighted by atomic mass is 9.80. The van der Waals surface area contributed by atoms with Crippen molar-refractivity contribution >= 4 is 16.1 Å². The molecule has 0 bridgehead atoms. The first kappa shape index (κ1) is 23.4. The van der Waals surface area contributed by atoms with Crippen LogP contribution in [0.15, 0.2) is 0 Å². The Balaban J connectivity index is 2.04. The summed E-state index contributed by atoms with van der Waals surface area (Å²) in [7, 11) is -3.37. The Morgan fingerprint density at radius 3 is 2.36 bits per heavy atom. The van der Waals surface area contributed by atoms with Gasteiger partial charge in [0.1, 0.15) is 0 Å². The van der Waals surface area contributed by atoms with Gasteiger partial charge in [-0.3, -0.25) is 4.90 Å². The van der Waals surface area contributed by atoms with Gasteiger partial charge in [-0.2, -0.15) is 0 Å². The molecule has 3 unspecified atom stereocenters. The van der Waals surface area contributed by atoms with E-state index in [9.17, 15) is 13.2 Å². The second-order valence-electron chi connectivity index (χ2n) is 8.50. The zero-order chi connectivity index (χ0) is 20.9. The molecule has 2 rings (SSSR count). The van der Waals surface area contributed by atoms with Crippen LogP contribution in [0.1, 0.15) is 66.7 Å². The van der Waals surface area contributed by atoms with Crippen molar-refractivity contribution in [3.05, 3.63) is 0 Å². The molecular weight excluding hydrogens is 380 g/mol. The Morgan fingerprint density at radius 1 is 1.18 bits per heavy atom. The summed E-state index contributed by atoms with van der Waals surface area (Å²) in [4.78, 5) is 14.1. The van der Waals surface area contributed by atoms with Gasteiger partial charge in [0.15, 0.2) is 0 Å². The van der Waals surface area contributed by atoms with Crippen molar-refractivity contribution in [1.82, 2.24) is 9.62 Å². The molecule has 0 spiro atoms. The molecule has 1 aliphatic heterocycles. The van der Waals surface area contributed by atoms with E-state index in [2.05, 4.69) is 18.6 Å². The quantitative estimate of drug-likeness (QED) is 0.654. The number of hydrogen-bond donors (Lipinski definition) is 1. The monoisotopic (exact) mass is 418 g/mol. The first-order chi connectivity index (χ1) is 13.2. The number of likely N-dealkylation sites (tertiary alicyclic amines) is 1. The molecule has 0 aromatic heterocycles. The molecule has 1 saturated carbocycles. The summed E-state index contributed by atoms with van der Waals surface area (Å²) in [6.45, 7) is 10.5. The van der Waals surface area contributed by atoms with E-state index in [1.807, 2.05) is 6.92 Å². The van der Waals surface area contributed by atoms with E-state index in [1.54, 1.807) is 18.7 Å². The molecule has 0 aromatic carbocycles. The minimum atomic E-state index is -3.37. The van der Waals surface area contributed by atoms with Gasteiger partial charge in [0.25, 0.3) is 0 Å². The Kier molecular flexibility index (Phi) is 8.58. The number of carbonyl (C=O) groups excluding carboxylic acids is 1. The Labute approximate surface area is 170 Å². The van der Waals surface area contributed by atoms with E-state index in [0.717, 1.165) is 31.6 Å². The van der Waals surface area contributed by atoms with Crippen molar-refractivity contribution in [3.8, 4) is 0 Å². The summed E-state index contributed by atoms with van der Waals surface area (Å²) in [6, 6.07) is -0.802. The Hall–Kier alpha value is -0.860. The standard InChI is InChI=1S/C20H38N2O5S/c1-6-26-20(23)22-15(5)12-18(21-28(24,25)7-2)19(22)13-27-17-10-8-16(9-11-17)14(3)4/h14-19,21H,6-13H2,1-5H3. The number of carbonyl (C=O) groups is 1. The minimum absolute atomic E-state index is 0.0179. The third-order valence-electron chi connectivity index (χ3n) is 6.25. The van der Waals surface area contributed by atoms with Gasteiger partial charge in [-0.05, 0) is 64.7 Å². The van der Waals surface area contributed by atoms with E-state index in [4.69, 9.17) is 9.47 Å². The summed E-state index contributed by atoms with van der Waals surface area (Å²) >= 11 is 0. The molecule has 0 radical (unpaired) electrons. The molecule has 7 nitrogen and oxygen atoms in total. The minimum Gasteiger partial charge on any atom is -0.450 e. The zero-order valence-electron chi connectivity index (χ0n) is 18.0. The van der Waals surface area contributed by atoms with Gasteiger partial charge in [-0.25, -0.2) is 17.9 Å². The molecule has 164 valence electrons.